The molecule has 2 aromatic rings. The second-order valence-corrected chi connectivity index (χ2v) is 7.28. The van der Waals surface area contributed by atoms with E-state index in [1.54, 1.807) is 0 Å². The fraction of sp³-hybridized carbons (Fsp3) is 0.300. The predicted octanol–water partition coefficient (Wildman–Crippen LogP) is 4.98. The Morgan fingerprint density at radius 3 is 2.29 bits per heavy atom. The van der Waals surface area contributed by atoms with Crippen LogP contribution in [0.3, 0.4) is 0 Å². The van der Waals surface area contributed by atoms with Crippen molar-refractivity contribution in [3.05, 3.63) is 59.2 Å². The number of rotatable bonds is 6. The average molecular weight is 411 g/mol. The van der Waals surface area contributed by atoms with Crippen molar-refractivity contribution in [2.75, 3.05) is 11.1 Å². The van der Waals surface area contributed by atoms with Crippen molar-refractivity contribution in [2.45, 2.75) is 37.9 Å². The summed E-state index contributed by atoms with van der Waals surface area (Å²) in [6, 6.07) is 9.85. The van der Waals surface area contributed by atoms with Crippen LogP contribution in [0.5, 0.6) is 0 Å². The molecule has 0 saturated carbocycles. The summed E-state index contributed by atoms with van der Waals surface area (Å²) in [6.07, 6.45) is -5.52. The third-order valence-corrected chi connectivity index (χ3v) is 4.96. The van der Waals surface area contributed by atoms with Gasteiger partial charge in [0, 0.05) is 10.6 Å². The number of nitrogens with one attached hydrogen (secondary N) is 1. The quantitative estimate of drug-likeness (QED) is 0.538. The maximum absolute atomic E-state index is 12.5. The summed E-state index contributed by atoms with van der Waals surface area (Å²) in [6.45, 7) is 5.37. The van der Waals surface area contributed by atoms with Crippen LogP contribution in [0.1, 0.15) is 23.6 Å². The number of amides is 1. The first kappa shape index (κ1) is 21.8. The molecule has 0 saturated heterocycles. The zero-order chi connectivity index (χ0) is 20.9. The summed E-state index contributed by atoms with van der Waals surface area (Å²) >= 11 is 1.30. The molecule has 0 aliphatic rings. The molecule has 8 heteroatoms. The minimum atomic E-state index is -4.45. The Hall–Kier alpha value is -2.48. The molecular weight excluding hydrogens is 391 g/mol. The van der Waals surface area contributed by atoms with E-state index in [4.69, 9.17) is 4.74 Å². The number of hydrogen-bond donors (Lipinski definition) is 1. The van der Waals surface area contributed by atoms with Gasteiger partial charge in [-0.3, -0.25) is 9.59 Å². The molecule has 0 bridgehead atoms. The van der Waals surface area contributed by atoms with E-state index in [2.05, 4.69) is 5.32 Å². The molecule has 0 aromatic heterocycles. The van der Waals surface area contributed by atoms with Gasteiger partial charge in [-0.15, -0.1) is 11.8 Å². The molecule has 0 fully saturated rings. The molecular formula is C20H20F3NO3S. The van der Waals surface area contributed by atoms with Crippen LogP contribution in [0.2, 0.25) is 0 Å². The number of anilines is 1. The third kappa shape index (κ3) is 6.30. The highest BCUT2D eigenvalue weighted by molar-refractivity contribution is 8.00. The topological polar surface area (TPSA) is 55.4 Å². The summed E-state index contributed by atoms with van der Waals surface area (Å²) in [4.78, 5) is 24.9. The van der Waals surface area contributed by atoms with Crippen molar-refractivity contribution < 1.29 is 27.5 Å². The molecule has 0 aliphatic carbocycles. The Kier molecular flexibility index (Phi) is 7.12. The Morgan fingerprint density at radius 1 is 1.07 bits per heavy atom. The van der Waals surface area contributed by atoms with Crippen molar-refractivity contribution in [1.82, 2.24) is 0 Å². The number of aryl methyl sites for hydroxylation is 2. The lowest BCUT2D eigenvalue weighted by atomic mass is 10.1. The minimum absolute atomic E-state index is 0.0421. The van der Waals surface area contributed by atoms with E-state index in [9.17, 15) is 22.8 Å². The zero-order valence-electron chi connectivity index (χ0n) is 15.6. The van der Waals surface area contributed by atoms with E-state index in [0.29, 0.717) is 0 Å². The zero-order valence-corrected chi connectivity index (χ0v) is 16.4. The molecule has 0 heterocycles. The number of hydrogen-bond acceptors (Lipinski definition) is 4. The second kappa shape index (κ2) is 9.14. The summed E-state index contributed by atoms with van der Waals surface area (Å²) in [7, 11) is 0. The molecule has 4 nitrogen and oxygen atoms in total. The first-order chi connectivity index (χ1) is 13.1. The van der Waals surface area contributed by atoms with Gasteiger partial charge in [0.15, 0.2) is 6.10 Å². The van der Waals surface area contributed by atoms with Gasteiger partial charge in [0.25, 0.3) is 5.91 Å². The predicted molar refractivity (Wildman–Crippen MR) is 102 cm³/mol. The molecule has 0 spiro atoms. The lowest BCUT2D eigenvalue weighted by molar-refractivity contribution is -0.150. The smallest absolute Gasteiger partial charge is 0.416 e. The fourth-order valence-electron chi connectivity index (χ4n) is 2.22. The normalized spacial score (nSPS) is 12.4. The number of alkyl halides is 3. The number of benzene rings is 2. The molecule has 28 heavy (non-hydrogen) atoms. The largest absolute Gasteiger partial charge is 0.452 e. The number of thioether (sulfide) groups is 1. The summed E-state index contributed by atoms with van der Waals surface area (Å²) in [5.74, 6) is -1.14. The van der Waals surface area contributed by atoms with Gasteiger partial charge in [-0.1, -0.05) is 6.07 Å². The number of carbonyl (C=O) groups is 2. The van der Waals surface area contributed by atoms with Gasteiger partial charge in [0.2, 0.25) is 0 Å². The molecule has 0 radical (unpaired) electrons. The van der Waals surface area contributed by atoms with Crippen molar-refractivity contribution in [3.63, 3.8) is 0 Å². The number of ether oxygens (including phenoxy) is 1. The lowest BCUT2D eigenvalue weighted by Gasteiger charge is -2.14. The minimum Gasteiger partial charge on any atom is -0.452 e. The molecule has 0 aliphatic heterocycles. The first-order valence-corrected chi connectivity index (χ1v) is 9.42. The van der Waals surface area contributed by atoms with Crippen molar-refractivity contribution in [2.24, 2.45) is 0 Å². The maximum atomic E-state index is 12.5. The number of esters is 1. The number of carbonyl (C=O) groups excluding carboxylic acids is 2. The maximum Gasteiger partial charge on any atom is 0.416 e. The van der Waals surface area contributed by atoms with Gasteiger partial charge < -0.3 is 10.1 Å². The van der Waals surface area contributed by atoms with Gasteiger partial charge in [0.05, 0.1) is 11.3 Å². The van der Waals surface area contributed by atoms with Crippen LogP contribution in [0.4, 0.5) is 18.9 Å². The van der Waals surface area contributed by atoms with E-state index in [-0.39, 0.29) is 11.4 Å². The van der Waals surface area contributed by atoms with E-state index in [1.807, 2.05) is 32.0 Å². The summed E-state index contributed by atoms with van der Waals surface area (Å²) in [5.41, 5.74) is 1.64. The van der Waals surface area contributed by atoms with Crippen LogP contribution in [0.25, 0.3) is 0 Å². The SMILES string of the molecule is Cc1ccc(SCC(=O)O[C@H](C)C(=O)Nc2ccc(C(F)(F)F)cc2)cc1C. The van der Waals surface area contributed by atoms with Crippen LogP contribution in [-0.2, 0) is 20.5 Å². The molecule has 150 valence electrons. The molecule has 2 rings (SSSR count). The van der Waals surface area contributed by atoms with Crippen LogP contribution in [0, 0.1) is 13.8 Å². The molecule has 2 aromatic carbocycles. The highest BCUT2D eigenvalue weighted by Gasteiger charge is 2.30. The Labute approximate surface area is 165 Å². The van der Waals surface area contributed by atoms with Gasteiger partial charge in [-0.2, -0.15) is 13.2 Å². The van der Waals surface area contributed by atoms with E-state index in [0.717, 1.165) is 40.3 Å². The standard InChI is InChI=1S/C20H20F3NO3S/c1-12-4-9-17(10-13(12)2)28-11-18(25)27-14(3)19(26)24-16-7-5-15(6-8-16)20(21,22)23/h4-10,14H,11H2,1-3H3,(H,24,26)/t14-/m1/s1. The fourth-order valence-corrected chi connectivity index (χ4v) is 2.99. The highest BCUT2D eigenvalue weighted by Crippen LogP contribution is 2.29. The van der Waals surface area contributed by atoms with Crippen LogP contribution < -0.4 is 5.32 Å². The number of halogens is 3. The highest BCUT2D eigenvalue weighted by atomic mass is 32.2. The Bertz CT molecular complexity index is 851. The summed E-state index contributed by atoms with van der Waals surface area (Å²) < 4.78 is 42.7. The van der Waals surface area contributed by atoms with Gasteiger partial charge >= 0.3 is 12.1 Å². The van der Waals surface area contributed by atoms with Crippen LogP contribution >= 0.6 is 11.8 Å². The molecule has 1 amide bonds. The van der Waals surface area contributed by atoms with Crippen LogP contribution in [0.15, 0.2) is 47.4 Å². The monoisotopic (exact) mass is 411 g/mol. The van der Waals surface area contributed by atoms with E-state index in [1.165, 1.54) is 18.7 Å². The van der Waals surface area contributed by atoms with Crippen molar-refractivity contribution >= 4 is 29.3 Å². The van der Waals surface area contributed by atoms with Crippen LogP contribution in [-0.4, -0.2) is 23.7 Å². The van der Waals surface area contributed by atoms with E-state index < -0.39 is 29.7 Å². The van der Waals surface area contributed by atoms with Gasteiger partial charge in [-0.05, 0) is 68.3 Å². The molecule has 1 N–H and O–H groups in total. The van der Waals surface area contributed by atoms with Crippen molar-refractivity contribution in [3.8, 4) is 0 Å². The summed E-state index contributed by atoms with van der Waals surface area (Å²) in [5, 5.41) is 2.42. The third-order valence-electron chi connectivity index (χ3n) is 3.99. The Morgan fingerprint density at radius 2 is 1.71 bits per heavy atom. The average Bonchev–Trinajstić information content (AvgIpc) is 2.62. The molecule has 1 atom stereocenters. The second-order valence-electron chi connectivity index (χ2n) is 6.23. The lowest BCUT2D eigenvalue weighted by Crippen LogP contribution is -2.30. The van der Waals surface area contributed by atoms with Gasteiger partial charge in [0.1, 0.15) is 0 Å². The first-order valence-electron chi connectivity index (χ1n) is 8.44. The van der Waals surface area contributed by atoms with Gasteiger partial charge in [-0.25, -0.2) is 0 Å². The van der Waals surface area contributed by atoms with Crippen molar-refractivity contribution in [1.29, 1.82) is 0 Å². The Balaban J connectivity index is 1.84. The molecule has 0 unspecified atom stereocenters. The van der Waals surface area contributed by atoms with E-state index >= 15 is 0 Å².